The number of hydrogen-bond acceptors (Lipinski definition) is 4. The second-order valence-corrected chi connectivity index (χ2v) is 12.1. The maximum atomic E-state index is 14.3. The third-order valence-corrected chi connectivity index (χ3v) is 6.99. The molecule has 0 heterocycles. The van der Waals surface area contributed by atoms with E-state index < -0.39 is 23.8 Å². The molecule has 226 valence electrons. The second-order valence-electron chi connectivity index (χ2n) is 12.1. The minimum Gasteiger partial charge on any atom is -0.444 e. The number of ether oxygens (including phenoxy) is 1. The van der Waals surface area contributed by atoms with E-state index in [1.54, 1.807) is 25.7 Å². The molecule has 2 aromatic rings. The summed E-state index contributed by atoms with van der Waals surface area (Å²) in [6.45, 7) is 14.0. The predicted octanol–water partition coefficient (Wildman–Crippen LogP) is 7.09. The molecule has 0 aromatic heterocycles. The van der Waals surface area contributed by atoms with Crippen LogP contribution in [0.25, 0.3) is 0 Å². The molecular weight excluding hydrogens is 514 g/mol. The van der Waals surface area contributed by atoms with Gasteiger partial charge in [0.1, 0.15) is 17.7 Å². The van der Waals surface area contributed by atoms with E-state index in [2.05, 4.69) is 17.6 Å². The molecule has 0 saturated carbocycles. The van der Waals surface area contributed by atoms with Gasteiger partial charge in [0.25, 0.3) is 0 Å². The monoisotopic (exact) mass is 565 g/mol. The summed E-state index contributed by atoms with van der Waals surface area (Å²) in [5.41, 5.74) is 1.98. The number of rotatable bonds is 15. The number of carbonyl (C=O) groups is 3. The summed E-state index contributed by atoms with van der Waals surface area (Å²) >= 11 is 0. The maximum Gasteiger partial charge on any atom is 0.408 e. The molecule has 3 amide bonds. The number of unbranched alkanes of at least 4 members (excludes halogenated alkanes) is 5. The lowest BCUT2D eigenvalue weighted by Crippen LogP contribution is -2.55. The largest absolute Gasteiger partial charge is 0.444 e. The second kappa shape index (κ2) is 16.8. The van der Waals surface area contributed by atoms with E-state index in [0.717, 1.165) is 48.8 Å². The molecule has 7 nitrogen and oxygen atoms in total. The first-order valence-electron chi connectivity index (χ1n) is 15.1. The molecule has 7 heteroatoms. The van der Waals surface area contributed by atoms with Crippen molar-refractivity contribution in [2.24, 2.45) is 5.92 Å². The SMILES string of the molecule is CCCCCCCCN(C(=O)C(NC(=O)OC(C)(C)C)C(C)C)C(C(=O)NCc1ccccc1)c1ccccc1C. The van der Waals surface area contributed by atoms with Gasteiger partial charge in [-0.1, -0.05) is 107 Å². The van der Waals surface area contributed by atoms with Crippen molar-refractivity contribution in [2.45, 2.75) is 111 Å². The Hall–Kier alpha value is -3.35. The summed E-state index contributed by atoms with van der Waals surface area (Å²) in [5.74, 6) is -0.753. The first-order valence-corrected chi connectivity index (χ1v) is 15.1. The first kappa shape index (κ1) is 33.9. The number of benzene rings is 2. The Morgan fingerprint density at radius 3 is 2.10 bits per heavy atom. The number of alkyl carbamates (subject to hydrolysis) is 1. The van der Waals surface area contributed by atoms with E-state index in [9.17, 15) is 14.4 Å². The van der Waals surface area contributed by atoms with Crippen LogP contribution >= 0.6 is 0 Å². The number of aryl methyl sites for hydroxylation is 1. The van der Waals surface area contributed by atoms with Gasteiger partial charge in [0.05, 0.1) is 0 Å². The first-order chi connectivity index (χ1) is 19.4. The molecule has 2 unspecified atom stereocenters. The Morgan fingerprint density at radius 1 is 0.878 bits per heavy atom. The molecule has 0 saturated heterocycles. The van der Waals surface area contributed by atoms with E-state index in [4.69, 9.17) is 4.74 Å². The van der Waals surface area contributed by atoms with Crippen molar-refractivity contribution in [3.05, 3.63) is 71.3 Å². The van der Waals surface area contributed by atoms with E-state index in [-0.39, 0.29) is 17.7 Å². The average molecular weight is 566 g/mol. The molecule has 0 radical (unpaired) electrons. The van der Waals surface area contributed by atoms with Crippen LogP contribution in [0.3, 0.4) is 0 Å². The highest BCUT2D eigenvalue weighted by Gasteiger charge is 2.37. The highest BCUT2D eigenvalue weighted by molar-refractivity contribution is 5.92. The quantitative estimate of drug-likeness (QED) is 0.226. The van der Waals surface area contributed by atoms with Crippen LogP contribution in [0.4, 0.5) is 4.79 Å². The molecule has 2 rings (SSSR count). The topological polar surface area (TPSA) is 87.7 Å². The number of nitrogens with zero attached hydrogens (tertiary/aromatic N) is 1. The van der Waals surface area contributed by atoms with Gasteiger partial charge in [0, 0.05) is 13.1 Å². The van der Waals surface area contributed by atoms with Gasteiger partial charge in [-0.25, -0.2) is 4.79 Å². The van der Waals surface area contributed by atoms with E-state index in [1.807, 2.05) is 75.4 Å². The van der Waals surface area contributed by atoms with Crippen LogP contribution in [0.15, 0.2) is 54.6 Å². The predicted molar refractivity (Wildman–Crippen MR) is 165 cm³/mol. The lowest BCUT2D eigenvalue weighted by atomic mass is 9.95. The normalized spacial score (nSPS) is 12.9. The zero-order valence-electron chi connectivity index (χ0n) is 26.2. The van der Waals surface area contributed by atoms with Crippen molar-refractivity contribution >= 4 is 17.9 Å². The molecule has 2 atom stereocenters. The molecule has 0 spiro atoms. The van der Waals surface area contributed by atoms with Crippen LogP contribution in [0.5, 0.6) is 0 Å². The number of nitrogens with one attached hydrogen (secondary N) is 2. The van der Waals surface area contributed by atoms with Crippen molar-refractivity contribution in [1.82, 2.24) is 15.5 Å². The molecule has 0 aliphatic heterocycles. The number of amides is 3. The molecule has 0 aliphatic rings. The van der Waals surface area contributed by atoms with Crippen LogP contribution in [0.2, 0.25) is 0 Å². The maximum absolute atomic E-state index is 14.3. The van der Waals surface area contributed by atoms with Crippen LogP contribution in [0, 0.1) is 12.8 Å². The van der Waals surface area contributed by atoms with Gasteiger partial charge >= 0.3 is 6.09 Å². The van der Waals surface area contributed by atoms with Crippen LogP contribution in [-0.4, -0.2) is 41.0 Å². The third-order valence-electron chi connectivity index (χ3n) is 6.99. The fourth-order valence-corrected chi connectivity index (χ4v) is 4.78. The Labute approximate surface area is 247 Å². The highest BCUT2D eigenvalue weighted by atomic mass is 16.6. The average Bonchev–Trinajstić information content (AvgIpc) is 2.91. The van der Waals surface area contributed by atoms with Crippen molar-refractivity contribution in [3.8, 4) is 0 Å². The van der Waals surface area contributed by atoms with Crippen LogP contribution < -0.4 is 10.6 Å². The molecule has 0 aliphatic carbocycles. The van der Waals surface area contributed by atoms with E-state index in [0.29, 0.717) is 13.1 Å². The third kappa shape index (κ3) is 11.6. The van der Waals surface area contributed by atoms with Gasteiger partial charge in [-0.15, -0.1) is 0 Å². The van der Waals surface area contributed by atoms with Crippen molar-refractivity contribution in [1.29, 1.82) is 0 Å². The fourth-order valence-electron chi connectivity index (χ4n) is 4.78. The summed E-state index contributed by atoms with van der Waals surface area (Å²) in [7, 11) is 0. The zero-order chi connectivity index (χ0) is 30.4. The van der Waals surface area contributed by atoms with E-state index >= 15 is 0 Å². The van der Waals surface area contributed by atoms with Crippen LogP contribution in [0.1, 0.15) is 103 Å². The Balaban J connectivity index is 2.44. The van der Waals surface area contributed by atoms with Crippen LogP contribution in [-0.2, 0) is 20.9 Å². The minimum atomic E-state index is -0.849. The van der Waals surface area contributed by atoms with Gasteiger partial charge in [-0.2, -0.15) is 0 Å². The molecule has 41 heavy (non-hydrogen) atoms. The Morgan fingerprint density at radius 2 is 1.49 bits per heavy atom. The zero-order valence-corrected chi connectivity index (χ0v) is 26.2. The smallest absolute Gasteiger partial charge is 0.408 e. The summed E-state index contributed by atoms with van der Waals surface area (Å²) in [4.78, 5) is 42.7. The molecule has 0 fully saturated rings. The van der Waals surface area contributed by atoms with Crippen molar-refractivity contribution in [2.75, 3.05) is 6.54 Å². The van der Waals surface area contributed by atoms with Gasteiger partial charge in [-0.3, -0.25) is 9.59 Å². The Bertz CT molecular complexity index is 1090. The van der Waals surface area contributed by atoms with Gasteiger partial charge < -0.3 is 20.3 Å². The molecule has 0 bridgehead atoms. The number of carbonyl (C=O) groups excluding carboxylic acids is 3. The highest BCUT2D eigenvalue weighted by Crippen LogP contribution is 2.27. The van der Waals surface area contributed by atoms with E-state index in [1.165, 1.54) is 6.42 Å². The lowest BCUT2D eigenvalue weighted by molar-refractivity contribution is -0.143. The molecule has 2 aromatic carbocycles. The Kier molecular flexibility index (Phi) is 13.9. The van der Waals surface area contributed by atoms with Crippen molar-refractivity contribution < 1.29 is 19.1 Å². The number of hydrogen-bond donors (Lipinski definition) is 2. The van der Waals surface area contributed by atoms with Gasteiger partial charge in [0.15, 0.2) is 0 Å². The fraction of sp³-hybridized carbons (Fsp3) is 0.559. The molecule has 2 N–H and O–H groups in total. The lowest BCUT2D eigenvalue weighted by Gasteiger charge is -2.36. The summed E-state index contributed by atoms with van der Waals surface area (Å²) in [5, 5.41) is 5.88. The summed E-state index contributed by atoms with van der Waals surface area (Å²) in [6, 6.07) is 15.7. The molecular formula is C34H51N3O4. The minimum absolute atomic E-state index is 0.216. The van der Waals surface area contributed by atoms with Crippen molar-refractivity contribution in [3.63, 3.8) is 0 Å². The van der Waals surface area contributed by atoms with Gasteiger partial charge in [0.2, 0.25) is 11.8 Å². The standard InChI is InChI=1S/C34H51N3O4/c1-8-9-10-11-12-18-23-37(32(39)29(25(2)3)36-33(40)41-34(5,6)7)30(28-22-17-16-19-26(28)4)31(38)35-24-27-20-14-13-15-21-27/h13-17,19-22,25,29-30H,8-12,18,23-24H2,1-7H3,(H,35,38)(H,36,40). The summed E-state index contributed by atoms with van der Waals surface area (Å²) < 4.78 is 5.48. The van der Waals surface area contributed by atoms with Gasteiger partial charge in [-0.05, 0) is 56.7 Å². The summed E-state index contributed by atoms with van der Waals surface area (Å²) in [6.07, 6.45) is 5.65.